The number of esters is 3. The van der Waals surface area contributed by atoms with Crippen molar-refractivity contribution in [3.05, 3.63) is 109 Å². The van der Waals surface area contributed by atoms with E-state index in [1.54, 1.807) is 0 Å². The van der Waals surface area contributed by atoms with E-state index in [0.717, 1.165) is 116 Å². The molecule has 1 unspecified atom stereocenters. The monoisotopic (exact) mass is 1120 g/mol. The van der Waals surface area contributed by atoms with E-state index >= 15 is 0 Å². The number of rotatable bonds is 62. The minimum Gasteiger partial charge on any atom is -0.462 e. The van der Waals surface area contributed by atoms with Crippen LogP contribution in [-0.2, 0) is 28.6 Å². The molecule has 0 aliphatic carbocycles. The number of carbonyl (C=O) groups is 3. The number of hydrogen-bond acceptors (Lipinski definition) is 6. The van der Waals surface area contributed by atoms with Crippen molar-refractivity contribution in [3.63, 3.8) is 0 Å². The van der Waals surface area contributed by atoms with E-state index in [-0.39, 0.29) is 37.5 Å². The Morgan fingerprint density at radius 2 is 0.481 bits per heavy atom. The van der Waals surface area contributed by atoms with Gasteiger partial charge in [-0.1, -0.05) is 316 Å². The Morgan fingerprint density at radius 3 is 0.778 bits per heavy atom. The summed E-state index contributed by atoms with van der Waals surface area (Å²) in [5.41, 5.74) is 0. The number of ether oxygens (including phenoxy) is 3. The minimum atomic E-state index is -0.808. The fraction of sp³-hybridized carbons (Fsp3) is 0.720. The first-order valence-corrected chi connectivity index (χ1v) is 34.4. The van der Waals surface area contributed by atoms with E-state index in [0.29, 0.717) is 19.3 Å². The standard InChI is InChI=1S/C75H128O6/c1-4-7-10-13-16-19-22-25-28-31-33-35-36-37-38-40-41-44-47-50-53-56-59-62-65-68-74(77)80-71-72(70-79-73(76)67-64-61-58-55-52-49-46-43-30-27-24-21-18-15-12-9-6-3)81-75(78)69-66-63-60-57-54-51-48-45-42-39-34-32-29-26-23-20-17-14-11-8-5-2/h8-9,11-12,17-18,20-21,26-27,29-30,34,39,45,48,54,57,72H,4-7,10,13-16,19,22-25,28,31-33,35-38,40-44,46-47,49-53,55-56,58-71H2,1-3H3/b11-8-,12-9-,20-17-,21-18-,29-26-,30-27-,39-34-,48-45-,57-54-. The molecule has 1 atom stereocenters. The lowest BCUT2D eigenvalue weighted by molar-refractivity contribution is -0.167. The third-order valence-corrected chi connectivity index (χ3v) is 14.8. The third kappa shape index (κ3) is 66.8. The second kappa shape index (κ2) is 68.6. The van der Waals surface area contributed by atoms with E-state index in [1.165, 1.54) is 167 Å². The van der Waals surface area contributed by atoms with E-state index in [9.17, 15) is 14.4 Å². The Bertz CT molecular complexity index is 1620. The van der Waals surface area contributed by atoms with Gasteiger partial charge in [0.25, 0.3) is 0 Å². The SMILES string of the molecule is CC/C=C\C/C=C\C/C=C\C/C=C\C/C=C\C/C=C\CCCCC(=O)OC(COC(=O)CCCCCCCCC/C=C\C/C=C\C/C=C\CC)COC(=O)CCCCCCCCCCCCCCCCCCCCCCCCCCC. The first-order valence-electron chi connectivity index (χ1n) is 34.4. The van der Waals surface area contributed by atoms with Crippen molar-refractivity contribution in [2.45, 2.75) is 335 Å². The fourth-order valence-corrected chi connectivity index (χ4v) is 9.70. The van der Waals surface area contributed by atoms with Gasteiger partial charge in [-0.15, -0.1) is 0 Å². The van der Waals surface area contributed by atoms with Gasteiger partial charge in [0.15, 0.2) is 6.10 Å². The second-order valence-electron chi connectivity index (χ2n) is 22.7. The van der Waals surface area contributed by atoms with Gasteiger partial charge in [0.05, 0.1) is 0 Å². The van der Waals surface area contributed by atoms with Gasteiger partial charge in [-0.3, -0.25) is 14.4 Å². The van der Waals surface area contributed by atoms with Gasteiger partial charge in [-0.05, 0) is 103 Å². The van der Waals surface area contributed by atoms with Crippen LogP contribution in [0.1, 0.15) is 329 Å². The van der Waals surface area contributed by atoms with Gasteiger partial charge in [-0.25, -0.2) is 0 Å². The largest absolute Gasteiger partial charge is 0.462 e. The highest BCUT2D eigenvalue weighted by atomic mass is 16.6. The Hall–Kier alpha value is -3.93. The second-order valence-corrected chi connectivity index (χ2v) is 22.7. The Morgan fingerprint density at radius 1 is 0.259 bits per heavy atom. The predicted octanol–water partition coefficient (Wildman–Crippen LogP) is 23.8. The number of hydrogen-bond donors (Lipinski definition) is 0. The zero-order valence-electron chi connectivity index (χ0n) is 53.3. The normalized spacial score (nSPS) is 12.8. The highest BCUT2D eigenvalue weighted by molar-refractivity contribution is 5.71. The lowest BCUT2D eigenvalue weighted by Gasteiger charge is -2.18. The molecule has 0 saturated carbocycles. The van der Waals surface area contributed by atoms with Crippen LogP contribution in [0, 0.1) is 0 Å². The van der Waals surface area contributed by atoms with Crippen LogP contribution < -0.4 is 0 Å². The van der Waals surface area contributed by atoms with Crippen molar-refractivity contribution in [1.29, 1.82) is 0 Å². The van der Waals surface area contributed by atoms with Gasteiger partial charge in [0, 0.05) is 19.3 Å². The summed E-state index contributed by atoms with van der Waals surface area (Å²) in [4.78, 5) is 38.4. The molecular formula is C75H128O6. The summed E-state index contributed by atoms with van der Waals surface area (Å²) in [7, 11) is 0. The maximum absolute atomic E-state index is 12.9. The average molecular weight is 1130 g/mol. The molecule has 0 amide bonds. The van der Waals surface area contributed by atoms with Crippen molar-refractivity contribution >= 4 is 17.9 Å². The molecular weight excluding hydrogens is 997 g/mol. The quantitative estimate of drug-likeness (QED) is 0.0261. The van der Waals surface area contributed by atoms with Crippen molar-refractivity contribution in [1.82, 2.24) is 0 Å². The number of allylic oxidation sites excluding steroid dienone is 18. The average Bonchev–Trinajstić information content (AvgIpc) is 3.47. The molecule has 0 N–H and O–H groups in total. The van der Waals surface area contributed by atoms with E-state index in [4.69, 9.17) is 14.2 Å². The molecule has 0 radical (unpaired) electrons. The molecule has 6 nitrogen and oxygen atoms in total. The van der Waals surface area contributed by atoms with E-state index in [1.807, 2.05) is 0 Å². The minimum absolute atomic E-state index is 0.0976. The Kier molecular flexibility index (Phi) is 65.2. The summed E-state index contributed by atoms with van der Waals surface area (Å²) >= 11 is 0. The summed E-state index contributed by atoms with van der Waals surface area (Å²) in [5, 5.41) is 0. The molecule has 0 heterocycles. The zero-order valence-corrected chi connectivity index (χ0v) is 53.3. The lowest BCUT2D eigenvalue weighted by atomic mass is 10.0. The molecule has 6 heteroatoms. The topological polar surface area (TPSA) is 78.9 Å². The smallest absolute Gasteiger partial charge is 0.306 e. The third-order valence-electron chi connectivity index (χ3n) is 14.8. The van der Waals surface area contributed by atoms with Crippen LogP contribution in [0.15, 0.2) is 109 Å². The van der Waals surface area contributed by atoms with Crippen LogP contribution in [0.3, 0.4) is 0 Å². The van der Waals surface area contributed by atoms with Crippen LogP contribution in [0.4, 0.5) is 0 Å². The lowest BCUT2D eigenvalue weighted by Crippen LogP contribution is -2.30. The molecule has 81 heavy (non-hydrogen) atoms. The van der Waals surface area contributed by atoms with Gasteiger partial charge in [0.2, 0.25) is 0 Å². The molecule has 0 spiro atoms. The van der Waals surface area contributed by atoms with Gasteiger partial charge >= 0.3 is 17.9 Å². The van der Waals surface area contributed by atoms with Gasteiger partial charge in [-0.2, -0.15) is 0 Å². The van der Waals surface area contributed by atoms with E-state index < -0.39 is 6.10 Å². The summed E-state index contributed by atoms with van der Waals surface area (Å²) in [6.07, 6.45) is 94.0. The predicted molar refractivity (Wildman–Crippen MR) is 353 cm³/mol. The molecule has 0 aromatic rings. The zero-order chi connectivity index (χ0) is 58.5. The summed E-state index contributed by atoms with van der Waals surface area (Å²) in [6.45, 7) is 6.41. The fourth-order valence-electron chi connectivity index (χ4n) is 9.70. The van der Waals surface area contributed by atoms with Crippen LogP contribution in [0.5, 0.6) is 0 Å². The Balaban J connectivity index is 4.40. The molecule has 0 aromatic carbocycles. The highest BCUT2D eigenvalue weighted by Gasteiger charge is 2.19. The van der Waals surface area contributed by atoms with E-state index in [2.05, 4.69) is 130 Å². The maximum atomic E-state index is 12.9. The Labute approximate surface area is 501 Å². The van der Waals surface area contributed by atoms with Gasteiger partial charge < -0.3 is 14.2 Å². The van der Waals surface area contributed by atoms with Crippen molar-refractivity contribution < 1.29 is 28.6 Å². The first kappa shape index (κ1) is 77.1. The molecule has 0 aromatic heterocycles. The molecule has 0 aliphatic heterocycles. The maximum Gasteiger partial charge on any atom is 0.306 e. The molecule has 0 aliphatic rings. The number of unbranched alkanes of at least 4 members (excludes halogenated alkanes) is 33. The molecule has 0 bridgehead atoms. The van der Waals surface area contributed by atoms with Crippen molar-refractivity contribution in [2.24, 2.45) is 0 Å². The molecule has 0 rings (SSSR count). The summed E-state index contributed by atoms with van der Waals surface area (Å²) < 4.78 is 16.9. The molecule has 0 fully saturated rings. The van der Waals surface area contributed by atoms with Crippen LogP contribution in [-0.4, -0.2) is 37.2 Å². The molecule has 464 valence electrons. The summed E-state index contributed by atoms with van der Waals surface area (Å²) in [6, 6.07) is 0. The van der Waals surface area contributed by atoms with Gasteiger partial charge in [0.1, 0.15) is 13.2 Å². The van der Waals surface area contributed by atoms with Crippen LogP contribution in [0.2, 0.25) is 0 Å². The van der Waals surface area contributed by atoms with Crippen LogP contribution >= 0.6 is 0 Å². The first-order chi connectivity index (χ1) is 40.0. The number of carbonyl (C=O) groups excluding carboxylic acids is 3. The van der Waals surface area contributed by atoms with Crippen LogP contribution in [0.25, 0.3) is 0 Å². The molecule has 0 saturated heterocycles. The van der Waals surface area contributed by atoms with Crippen molar-refractivity contribution in [3.8, 4) is 0 Å². The summed E-state index contributed by atoms with van der Waals surface area (Å²) in [5.74, 6) is -0.939. The highest BCUT2D eigenvalue weighted by Crippen LogP contribution is 2.17. The van der Waals surface area contributed by atoms with Crippen molar-refractivity contribution in [2.75, 3.05) is 13.2 Å².